The maximum atomic E-state index is 13.8. The van der Waals surface area contributed by atoms with Gasteiger partial charge in [-0.1, -0.05) is 58.4 Å². The number of carbonyl (C=O) groups is 5. The van der Waals surface area contributed by atoms with Crippen molar-refractivity contribution in [2.24, 2.45) is 17.6 Å². The lowest BCUT2D eigenvalue weighted by Gasteiger charge is -2.29. The molecule has 4 amide bonds. The Morgan fingerprint density at radius 3 is 2.24 bits per heavy atom. The first-order valence-electron chi connectivity index (χ1n) is 15.9. The number of phenols is 1. The number of hydrogen-bond acceptors (Lipinski definition) is 7. The molecular weight excluding hydrogens is 590 g/mol. The molecule has 12 heteroatoms. The minimum absolute atomic E-state index is 0.00887. The van der Waals surface area contributed by atoms with Crippen LogP contribution in [0.3, 0.4) is 0 Å². The summed E-state index contributed by atoms with van der Waals surface area (Å²) in [6.07, 6.45) is 1.78. The minimum atomic E-state index is -1.17. The Balaban J connectivity index is 1.84. The van der Waals surface area contributed by atoms with E-state index in [0.717, 1.165) is 5.56 Å². The van der Waals surface area contributed by atoms with Crippen LogP contribution in [0.5, 0.6) is 5.75 Å². The largest absolute Gasteiger partial charge is 0.508 e. The number of aromatic hydroxyl groups is 1. The smallest absolute Gasteiger partial charge is 0.326 e. The Hall–Kier alpha value is -4.45. The summed E-state index contributed by atoms with van der Waals surface area (Å²) in [7, 11) is 0. The summed E-state index contributed by atoms with van der Waals surface area (Å²) in [4.78, 5) is 67.7. The number of amides is 4. The molecule has 2 aromatic rings. The molecular formula is C34H47N5O7. The van der Waals surface area contributed by atoms with Crippen LogP contribution in [0.2, 0.25) is 0 Å². The highest BCUT2D eigenvalue weighted by Gasteiger charge is 2.38. The lowest BCUT2D eigenvalue weighted by Crippen LogP contribution is -2.59. The van der Waals surface area contributed by atoms with Gasteiger partial charge in [0, 0.05) is 25.1 Å². The number of likely N-dealkylation sites (tertiary alicyclic amines) is 1. The molecule has 12 nitrogen and oxygen atoms in total. The summed E-state index contributed by atoms with van der Waals surface area (Å²) in [5.74, 6) is -3.55. The second-order valence-corrected chi connectivity index (χ2v) is 12.4. The highest BCUT2D eigenvalue weighted by molar-refractivity contribution is 5.99. The zero-order valence-corrected chi connectivity index (χ0v) is 27.0. The Bertz CT molecular complexity index is 1380. The standard InChI is InChI=1S/C34H47N5O7/c1-5-21(4)29(32(43)37-27(34(45)46)16-20(2)3)38-30(41)26(18-22-11-13-25(40)14-12-22)36-31(42)28-10-7-15-39(28)33(44)24-9-6-8-23(17-24)19-35/h6,8-9,11-14,17,20-21,26-29,40H,5,7,10,15-16,18-19,35H2,1-4H3,(H,36,42)(H,37,43)(H,38,41)(H,45,46)/t21-,26-,27-,28-,29-/m0/s1. The predicted molar refractivity (Wildman–Crippen MR) is 173 cm³/mol. The van der Waals surface area contributed by atoms with Gasteiger partial charge in [0.05, 0.1) is 0 Å². The van der Waals surface area contributed by atoms with E-state index in [9.17, 15) is 34.2 Å². The molecule has 250 valence electrons. The van der Waals surface area contributed by atoms with Crippen LogP contribution in [0.15, 0.2) is 48.5 Å². The van der Waals surface area contributed by atoms with E-state index in [1.165, 1.54) is 17.0 Å². The third-order valence-corrected chi connectivity index (χ3v) is 8.35. The molecule has 0 unspecified atom stereocenters. The van der Waals surface area contributed by atoms with E-state index in [-0.39, 0.29) is 42.9 Å². The SMILES string of the molecule is CC[C@H](C)[C@H](NC(=O)[C@H](Cc1ccc(O)cc1)NC(=O)[C@@H]1CCCN1C(=O)c1cccc(CN)c1)C(=O)N[C@@H](CC(C)C)C(=O)O. The van der Waals surface area contributed by atoms with Crippen LogP contribution in [0, 0.1) is 11.8 Å². The lowest BCUT2D eigenvalue weighted by molar-refractivity contribution is -0.143. The first-order chi connectivity index (χ1) is 21.8. The number of nitrogens with two attached hydrogens (primary N) is 1. The fourth-order valence-electron chi connectivity index (χ4n) is 5.53. The summed E-state index contributed by atoms with van der Waals surface area (Å²) < 4.78 is 0. The van der Waals surface area contributed by atoms with Gasteiger partial charge >= 0.3 is 5.97 Å². The molecule has 0 spiro atoms. The predicted octanol–water partition coefficient (Wildman–Crippen LogP) is 2.33. The van der Waals surface area contributed by atoms with Crippen molar-refractivity contribution in [1.82, 2.24) is 20.9 Å². The molecule has 5 atom stereocenters. The molecule has 2 aromatic carbocycles. The Labute approximate surface area is 270 Å². The number of rotatable bonds is 15. The van der Waals surface area contributed by atoms with Crippen LogP contribution >= 0.6 is 0 Å². The topological polar surface area (TPSA) is 191 Å². The number of aliphatic carboxylic acids is 1. The van der Waals surface area contributed by atoms with Gasteiger partial charge in [-0.15, -0.1) is 0 Å². The third kappa shape index (κ3) is 9.77. The molecule has 0 aliphatic carbocycles. The summed E-state index contributed by atoms with van der Waals surface area (Å²) >= 11 is 0. The van der Waals surface area contributed by atoms with E-state index in [1.54, 1.807) is 37.3 Å². The quantitative estimate of drug-likeness (QED) is 0.171. The number of carbonyl (C=O) groups excluding carboxylic acids is 4. The number of hydrogen-bond donors (Lipinski definition) is 6. The molecule has 1 aliphatic rings. The molecule has 3 rings (SSSR count). The number of nitrogens with zero attached hydrogens (tertiary/aromatic N) is 1. The second-order valence-electron chi connectivity index (χ2n) is 12.4. The van der Waals surface area contributed by atoms with Crippen LogP contribution in [0.1, 0.15) is 74.9 Å². The molecule has 0 radical (unpaired) electrons. The normalized spacial score (nSPS) is 17.1. The minimum Gasteiger partial charge on any atom is -0.508 e. The number of benzene rings is 2. The molecule has 1 aliphatic heterocycles. The van der Waals surface area contributed by atoms with Gasteiger partial charge < -0.3 is 36.8 Å². The van der Waals surface area contributed by atoms with Crippen molar-refractivity contribution >= 4 is 29.6 Å². The van der Waals surface area contributed by atoms with Crippen LogP contribution in [0.4, 0.5) is 0 Å². The Morgan fingerprint density at radius 2 is 1.63 bits per heavy atom. The van der Waals surface area contributed by atoms with Gasteiger partial charge in [-0.25, -0.2) is 4.79 Å². The highest BCUT2D eigenvalue weighted by atomic mass is 16.4. The monoisotopic (exact) mass is 637 g/mol. The van der Waals surface area contributed by atoms with E-state index in [1.807, 2.05) is 26.8 Å². The maximum Gasteiger partial charge on any atom is 0.326 e. The molecule has 0 aromatic heterocycles. The van der Waals surface area contributed by atoms with Crippen molar-refractivity contribution in [2.45, 2.75) is 90.5 Å². The van der Waals surface area contributed by atoms with E-state index < -0.39 is 47.9 Å². The fraction of sp³-hybridized carbons (Fsp3) is 0.500. The van der Waals surface area contributed by atoms with Crippen LogP contribution in [0.25, 0.3) is 0 Å². The molecule has 1 saturated heterocycles. The van der Waals surface area contributed by atoms with Gasteiger partial charge in [-0.2, -0.15) is 0 Å². The zero-order valence-electron chi connectivity index (χ0n) is 27.0. The van der Waals surface area contributed by atoms with Gasteiger partial charge in [-0.05, 0) is 66.5 Å². The molecule has 0 saturated carbocycles. The van der Waals surface area contributed by atoms with Gasteiger partial charge in [0.1, 0.15) is 29.9 Å². The summed E-state index contributed by atoms with van der Waals surface area (Å²) in [5.41, 5.74) is 7.59. The highest BCUT2D eigenvalue weighted by Crippen LogP contribution is 2.22. The van der Waals surface area contributed by atoms with E-state index in [2.05, 4.69) is 16.0 Å². The molecule has 0 bridgehead atoms. The van der Waals surface area contributed by atoms with Crippen molar-refractivity contribution < 1.29 is 34.2 Å². The summed E-state index contributed by atoms with van der Waals surface area (Å²) in [6, 6.07) is 8.97. The van der Waals surface area contributed by atoms with E-state index >= 15 is 0 Å². The van der Waals surface area contributed by atoms with Crippen LogP contribution in [-0.4, -0.2) is 75.4 Å². The first kappa shape index (κ1) is 36.0. The zero-order chi connectivity index (χ0) is 34.0. The number of carboxylic acid groups (broad SMARTS) is 1. The molecule has 7 N–H and O–H groups in total. The fourth-order valence-corrected chi connectivity index (χ4v) is 5.53. The first-order valence-corrected chi connectivity index (χ1v) is 15.9. The Morgan fingerprint density at radius 1 is 0.935 bits per heavy atom. The van der Waals surface area contributed by atoms with Gasteiger partial charge in [0.15, 0.2) is 0 Å². The summed E-state index contributed by atoms with van der Waals surface area (Å²) in [6.45, 7) is 7.97. The van der Waals surface area contributed by atoms with E-state index in [0.29, 0.717) is 36.9 Å². The summed E-state index contributed by atoms with van der Waals surface area (Å²) in [5, 5.41) is 27.6. The maximum absolute atomic E-state index is 13.8. The number of phenolic OH excluding ortho intramolecular Hbond substituents is 1. The molecule has 46 heavy (non-hydrogen) atoms. The van der Waals surface area contributed by atoms with E-state index in [4.69, 9.17) is 5.73 Å². The van der Waals surface area contributed by atoms with Gasteiger partial charge in [0.2, 0.25) is 17.7 Å². The lowest BCUT2D eigenvalue weighted by atomic mass is 9.96. The average Bonchev–Trinajstić information content (AvgIpc) is 3.53. The van der Waals surface area contributed by atoms with Crippen molar-refractivity contribution in [3.05, 3.63) is 65.2 Å². The van der Waals surface area contributed by atoms with Crippen molar-refractivity contribution in [2.75, 3.05) is 6.54 Å². The van der Waals surface area contributed by atoms with Gasteiger partial charge in [0.25, 0.3) is 5.91 Å². The van der Waals surface area contributed by atoms with Gasteiger partial charge in [-0.3, -0.25) is 19.2 Å². The Kier molecular flexibility index (Phi) is 13.1. The average molecular weight is 638 g/mol. The van der Waals surface area contributed by atoms with Crippen LogP contribution in [-0.2, 0) is 32.1 Å². The third-order valence-electron chi connectivity index (χ3n) is 8.35. The number of carboxylic acids is 1. The van der Waals surface area contributed by atoms with Crippen LogP contribution < -0.4 is 21.7 Å². The van der Waals surface area contributed by atoms with Crippen molar-refractivity contribution in [3.63, 3.8) is 0 Å². The molecule has 1 fully saturated rings. The van der Waals surface area contributed by atoms with Crippen molar-refractivity contribution in [1.29, 1.82) is 0 Å². The second kappa shape index (κ2) is 16.7. The molecule has 1 heterocycles. The number of nitrogens with one attached hydrogen (secondary N) is 3. The van der Waals surface area contributed by atoms with Crippen molar-refractivity contribution in [3.8, 4) is 5.75 Å².